The van der Waals surface area contributed by atoms with Crippen LogP contribution in [0.15, 0.2) is 52.6 Å². The fourth-order valence-corrected chi connectivity index (χ4v) is 8.51. The molecule has 1 aromatic rings. The first-order chi connectivity index (χ1) is 9.45. The summed E-state index contributed by atoms with van der Waals surface area (Å²) in [5.41, 5.74) is 9.37. The van der Waals surface area contributed by atoms with Gasteiger partial charge in [-0.15, -0.1) is 0 Å². The van der Waals surface area contributed by atoms with Crippen molar-refractivity contribution in [3.63, 3.8) is 0 Å². The molecule has 1 unspecified atom stereocenters. The molecule has 0 radical (unpaired) electrons. The fraction of sp³-hybridized carbons (Fsp3) is 0.368. The van der Waals surface area contributed by atoms with Gasteiger partial charge in [-0.3, -0.25) is 0 Å². The van der Waals surface area contributed by atoms with E-state index < -0.39 is 23.2 Å². The van der Waals surface area contributed by atoms with Gasteiger partial charge in [0.25, 0.3) is 0 Å². The van der Waals surface area contributed by atoms with Crippen LogP contribution in [0.25, 0.3) is 6.08 Å². The molecule has 0 spiro atoms. The number of benzene rings is 1. The Kier molecular flexibility index (Phi) is 7.36. The molecular formula is C19H22I2Zr. The molecule has 22 heavy (non-hydrogen) atoms. The molecule has 0 fully saturated rings. The molecule has 0 aromatic heterocycles. The van der Waals surface area contributed by atoms with Crippen molar-refractivity contribution in [2.24, 2.45) is 0 Å². The molecule has 3 rings (SSSR count). The van der Waals surface area contributed by atoms with Gasteiger partial charge in [0.2, 0.25) is 0 Å². The number of hydrogen-bond acceptors (Lipinski definition) is 0. The standard InChI is InChI=1S/C10H15.C9H7.2HI.Zr/c1-6-7(2)9(4)10(5)8(6)3;1-2-5-9-7-3-6-8(9)4-1;;;/h1-5H3;1-7H;2*1H;/q;;;;+2/p-2. The molecule has 0 saturated heterocycles. The maximum atomic E-state index is 2.50. The summed E-state index contributed by atoms with van der Waals surface area (Å²) in [5, 5.41) is 0. The first-order valence-corrected chi connectivity index (χ1v) is 10.0. The van der Waals surface area contributed by atoms with Crippen LogP contribution in [0, 0.1) is 0 Å². The van der Waals surface area contributed by atoms with Crippen molar-refractivity contribution in [2.45, 2.75) is 41.4 Å². The van der Waals surface area contributed by atoms with Crippen LogP contribution in [0.3, 0.4) is 0 Å². The predicted molar refractivity (Wildman–Crippen MR) is 83.3 cm³/mol. The minimum Gasteiger partial charge on any atom is -1.00 e. The monoisotopic (exact) mass is 594 g/mol. The predicted octanol–water partition coefficient (Wildman–Crippen LogP) is -0.290. The molecule has 0 heterocycles. The van der Waals surface area contributed by atoms with Gasteiger partial charge in [-0.25, -0.2) is 0 Å². The summed E-state index contributed by atoms with van der Waals surface area (Å²) in [6, 6.07) is 8.93. The molecule has 116 valence electrons. The van der Waals surface area contributed by atoms with Crippen molar-refractivity contribution < 1.29 is 71.2 Å². The summed E-state index contributed by atoms with van der Waals surface area (Å²) < 4.78 is 1.12. The van der Waals surface area contributed by atoms with E-state index in [2.05, 4.69) is 71.0 Å². The van der Waals surface area contributed by atoms with Crippen LogP contribution in [-0.2, 0) is 23.2 Å². The summed E-state index contributed by atoms with van der Waals surface area (Å²) in [7, 11) is 0. The number of halogens is 2. The van der Waals surface area contributed by atoms with E-state index in [9.17, 15) is 0 Å². The zero-order valence-electron chi connectivity index (χ0n) is 13.8. The van der Waals surface area contributed by atoms with Crippen LogP contribution in [0.2, 0.25) is 3.12 Å². The third-order valence-electron chi connectivity index (χ3n) is 5.43. The van der Waals surface area contributed by atoms with E-state index in [0.29, 0.717) is 3.12 Å². The van der Waals surface area contributed by atoms with Crippen LogP contribution >= 0.6 is 0 Å². The maximum Gasteiger partial charge on any atom is -1.00 e. The van der Waals surface area contributed by atoms with E-state index in [4.69, 9.17) is 0 Å². The Morgan fingerprint density at radius 1 is 0.909 bits per heavy atom. The number of rotatable bonds is 2. The van der Waals surface area contributed by atoms with Crippen LogP contribution in [0.5, 0.6) is 0 Å². The van der Waals surface area contributed by atoms with Gasteiger partial charge in [0.15, 0.2) is 0 Å². The molecule has 0 saturated carbocycles. The first kappa shape index (κ1) is 20.8. The Morgan fingerprint density at radius 3 is 2.05 bits per heavy atom. The Morgan fingerprint density at radius 2 is 1.45 bits per heavy atom. The fourth-order valence-electron chi connectivity index (χ4n) is 3.50. The number of fused-ring (bicyclic) bond motifs is 1. The Labute approximate surface area is 180 Å². The second kappa shape index (κ2) is 7.78. The van der Waals surface area contributed by atoms with Gasteiger partial charge in [0, 0.05) is 0 Å². The molecule has 3 heteroatoms. The van der Waals surface area contributed by atoms with Gasteiger partial charge in [0.1, 0.15) is 0 Å². The molecule has 1 atom stereocenters. The maximum absolute atomic E-state index is 2.50. The van der Waals surface area contributed by atoms with Crippen LogP contribution in [-0.4, -0.2) is 0 Å². The Bertz CT molecular complexity index is 644. The van der Waals surface area contributed by atoms with Crippen molar-refractivity contribution in [1.29, 1.82) is 0 Å². The molecule has 0 amide bonds. The summed E-state index contributed by atoms with van der Waals surface area (Å²) in [6.45, 7) is 11.8. The first-order valence-electron chi connectivity index (χ1n) is 7.36. The van der Waals surface area contributed by atoms with E-state index in [1.807, 2.05) is 0 Å². The summed E-state index contributed by atoms with van der Waals surface area (Å²) >= 11 is -0.636. The molecule has 1 aromatic carbocycles. The summed E-state index contributed by atoms with van der Waals surface area (Å²) in [6.07, 6.45) is 4.79. The van der Waals surface area contributed by atoms with Crippen molar-refractivity contribution >= 4 is 6.08 Å². The smallest absolute Gasteiger partial charge is 1.00 e. The molecule has 2 aliphatic rings. The van der Waals surface area contributed by atoms with Crippen molar-refractivity contribution in [3.05, 3.63) is 63.8 Å². The molecule has 2 aliphatic carbocycles. The van der Waals surface area contributed by atoms with Crippen molar-refractivity contribution in [2.75, 3.05) is 0 Å². The van der Waals surface area contributed by atoms with E-state index in [0.717, 1.165) is 3.63 Å². The van der Waals surface area contributed by atoms with E-state index in [1.165, 1.54) is 5.56 Å². The number of hydrogen-bond donors (Lipinski definition) is 0. The van der Waals surface area contributed by atoms with E-state index in [-0.39, 0.29) is 48.0 Å². The van der Waals surface area contributed by atoms with Crippen LogP contribution in [0.4, 0.5) is 0 Å². The SMILES string of the molecule is CC1=C(C)[C](C)([Zr+2][CH]2C=Cc3ccccc32)C(C)=C1C.[I-].[I-]. The Hall–Kier alpha value is 0.783. The van der Waals surface area contributed by atoms with Gasteiger partial charge in [0.05, 0.1) is 0 Å². The van der Waals surface area contributed by atoms with Crippen molar-refractivity contribution in [3.8, 4) is 0 Å². The van der Waals surface area contributed by atoms with Gasteiger partial charge < -0.3 is 48.0 Å². The van der Waals surface area contributed by atoms with Crippen molar-refractivity contribution in [1.82, 2.24) is 0 Å². The number of allylic oxidation sites excluding steroid dienone is 5. The second-order valence-corrected chi connectivity index (χ2v) is 10.9. The third-order valence-corrected chi connectivity index (χ3v) is 10.7. The van der Waals surface area contributed by atoms with Crippen LogP contribution < -0.4 is 48.0 Å². The van der Waals surface area contributed by atoms with Gasteiger partial charge in [-0.05, 0) is 0 Å². The normalized spacial score (nSPS) is 21.2. The molecule has 0 aliphatic heterocycles. The molecule has 0 bridgehead atoms. The molecular weight excluding hydrogens is 573 g/mol. The Balaban J connectivity index is 0.00000121. The average molecular weight is 595 g/mol. The van der Waals surface area contributed by atoms with Crippen LogP contribution in [0.1, 0.15) is 49.4 Å². The van der Waals surface area contributed by atoms with Gasteiger partial charge in [-0.2, -0.15) is 0 Å². The minimum atomic E-state index is -0.636. The zero-order chi connectivity index (χ0) is 14.5. The van der Waals surface area contributed by atoms with E-state index in [1.54, 1.807) is 27.9 Å². The summed E-state index contributed by atoms with van der Waals surface area (Å²) in [4.78, 5) is 0. The van der Waals surface area contributed by atoms with Gasteiger partial charge >= 0.3 is 134 Å². The average Bonchev–Trinajstić information content (AvgIpc) is 2.92. The zero-order valence-corrected chi connectivity index (χ0v) is 20.6. The quantitative estimate of drug-likeness (QED) is 0.413. The molecule has 0 nitrogen and oxygen atoms in total. The third kappa shape index (κ3) is 3.28. The van der Waals surface area contributed by atoms with Gasteiger partial charge in [-0.1, -0.05) is 0 Å². The molecule has 0 N–H and O–H groups in total. The van der Waals surface area contributed by atoms with E-state index >= 15 is 0 Å². The second-order valence-electron chi connectivity index (χ2n) is 6.24. The topological polar surface area (TPSA) is 0 Å². The summed E-state index contributed by atoms with van der Waals surface area (Å²) in [5.74, 6) is 0. The largest absolute Gasteiger partial charge is 1.00 e. The minimum absolute atomic E-state index is 0.